The molecule has 0 aliphatic heterocycles. The highest BCUT2D eigenvalue weighted by Crippen LogP contribution is 2.22. The lowest BCUT2D eigenvalue weighted by Crippen LogP contribution is -2.27. The fourth-order valence-corrected chi connectivity index (χ4v) is 2.16. The minimum Gasteiger partial charge on any atom is -0.342 e. The van der Waals surface area contributed by atoms with Crippen molar-refractivity contribution < 1.29 is 4.79 Å². The Bertz CT molecular complexity index is 478. The van der Waals surface area contributed by atoms with Crippen LogP contribution in [0.25, 0.3) is 0 Å². The van der Waals surface area contributed by atoms with E-state index in [-0.39, 0.29) is 17.8 Å². The molecule has 2 aromatic rings. The van der Waals surface area contributed by atoms with Crippen LogP contribution in [0.2, 0.25) is 0 Å². The number of thiophene rings is 1. The van der Waals surface area contributed by atoms with Gasteiger partial charge in [-0.15, -0.1) is 21.5 Å². The van der Waals surface area contributed by atoms with Gasteiger partial charge in [0.05, 0.1) is 6.04 Å². The highest BCUT2D eigenvalue weighted by molar-refractivity contribution is 7.12. The number of nitrogens with one attached hydrogen (secondary N) is 2. The van der Waals surface area contributed by atoms with Crippen LogP contribution in [0, 0.1) is 6.92 Å². The van der Waals surface area contributed by atoms with Crippen LogP contribution in [0.3, 0.4) is 0 Å². The van der Waals surface area contributed by atoms with Gasteiger partial charge in [0.1, 0.15) is 0 Å². The Labute approximate surface area is 96.1 Å². The topological polar surface area (TPSA) is 83.6 Å². The number of H-pyrrole nitrogens is 1. The number of carbonyl (C=O) groups is 1. The van der Waals surface area contributed by atoms with Crippen molar-refractivity contribution in [1.82, 2.24) is 25.9 Å². The van der Waals surface area contributed by atoms with E-state index < -0.39 is 0 Å². The third-order valence-corrected chi connectivity index (χ3v) is 3.27. The van der Waals surface area contributed by atoms with Crippen molar-refractivity contribution in [2.24, 2.45) is 0 Å². The van der Waals surface area contributed by atoms with E-state index in [1.807, 2.05) is 26.0 Å². The van der Waals surface area contributed by atoms with Crippen LogP contribution in [-0.2, 0) is 0 Å². The molecule has 0 radical (unpaired) electrons. The van der Waals surface area contributed by atoms with Gasteiger partial charge in [-0.25, -0.2) is 0 Å². The van der Waals surface area contributed by atoms with E-state index in [1.54, 1.807) is 11.3 Å². The fourth-order valence-electron chi connectivity index (χ4n) is 1.28. The Hall–Kier alpha value is -1.76. The van der Waals surface area contributed by atoms with Crippen LogP contribution >= 0.6 is 11.3 Å². The van der Waals surface area contributed by atoms with Gasteiger partial charge in [-0.2, -0.15) is 5.21 Å². The van der Waals surface area contributed by atoms with Crippen LogP contribution in [0.4, 0.5) is 0 Å². The first-order valence-electron chi connectivity index (χ1n) is 4.77. The summed E-state index contributed by atoms with van der Waals surface area (Å²) in [6.07, 6.45) is 0. The molecule has 1 unspecified atom stereocenters. The van der Waals surface area contributed by atoms with E-state index in [9.17, 15) is 4.79 Å². The van der Waals surface area contributed by atoms with Crippen LogP contribution in [0.15, 0.2) is 12.1 Å². The molecule has 0 aliphatic carbocycles. The third kappa shape index (κ3) is 2.25. The first kappa shape index (κ1) is 10.7. The lowest BCUT2D eigenvalue weighted by Gasteiger charge is -2.09. The number of amides is 1. The fraction of sp³-hybridized carbons (Fsp3) is 0.333. The molecular formula is C9H11N5OS. The van der Waals surface area contributed by atoms with Crippen molar-refractivity contribution in [3.8, 4) is 0 Å². The number of hydrogen-bond acceptors (Lipinski definition) is 5. The Morgan fingerprint density at radius 3 is 2.94 bits per heavy atom. The molecule has 1 atom stereocenters. The number of aryl methyl sites for hydroxylation is 1. The first-order chi connectivity index (χ1) is 7.66. The lowest BCUT2D eigenvalue weighted by molar-refractivity contribution is 0.0930. The van der Waals surface area contributed by atoms with Gasteiger partial charge < -0.3 is 5.32 Å². The van der Waals surface area contributed by atoms with Crippen LogP contribution < -0.4 is 5.32 Å². The highest BCUT2D eigenvalue weighted by atomic mass is 32.1. The van der Waals surface area contributed by atoms with Gasteiger partial charge in [-0.05, 0) is 31.2 Å². The number of nitrogens with zero attached hydrogens (tertiary/aromatic N) is 3. The van der Waals surface area contributed by atoms with Crippen molar-refractivity contribution in [3.63, 3.8) is 0 Å². The Morgan fingerprint density at radius 1 is 1.56 bits per heavy atom. The van der Waals surface area contributed by atoms with Crippen molar-refractivity contribution in [1.29, 1.82) is 0 Å². The summed E-state index contributed by atoms with van der Waals surface area (Å²) < 4.78 is 0. The molecule has 84 valence electrons. The smallest absolute Gasteiger partial charge is 0.293 e. The second-order valence-electron chi connectivity index (χ2n) is 3.38. The summed E-state index contributed by atoms with van der Waals surface area (Å²) in [5, 5.41) is 15.6. The zero-order valence-corrected chi connectivity index (χ0v) is 9.71. The van der Waals surface area contributed by atoms with Crippen molar-refractivity contribution >= 4 is 17.2 Å². The normalized spacial score (nSPS) is 12.4. The minimum atomic E-state index is -0.327. The maximum Gasteiger partial charge on any atom is 0.293 e. The standard InChI is InChI=1S/C9H11N5OS/c1-5-3-4-7(16-5)6(2)10-9(15)8-11-13-14-12-8/h3-4,6H,1-2H3,(H,10,15)(H,11,12,13,14). The van der Waals surface area contributed by atoms with Crippen LogP contribution in [0.5, 0.6) is 0 Å². The summed E-state index contributed by atoms with van der Waals surface area (Å²) in [5.74, 6) is -0.271. The molecule has 0 aliphatic rings. The summed E-state index contributed by atoms with van der Waals surface area (Å²) in [7, 11) is 0. The minimum absolute atomic E-state index is 0.0512. The average Bonchev–Trinajstić information content (AvgIpc) is 2.87. The lowest BCUT2D eigenvalue weighted by atomic mass is 10.2. The third-order valence-electron chi connectivity index (χ3n) is 2.08. The predicted octanol–water partition coefficient (Wildman–Crippen LogP) is 1.06. The van der Waals surface area contributed by atoms with Gasteiger partial charge in [-0.1, -0.05) is 0 Å². The summed E-state index contributed by atoms with van der Waals surface area (Å²) in [5.41, 5.74) is 0. The molecule has 1 amide bonds. The maximum absolute atomic E-state index is 11.6. The van der Waals surface area contributed by atoms with Gasteiger partial charge in [0.2, 0.25) is 0 Å². The molecule has 0 aromatic carbocycles. The Kier molecular flexibility index (Phi) is 2.95. The maximum atomic E-state index is 11.6. The van der Waals surface area contributed by atoms with E-state index in [0.29, 0.717) is 0 Å². The van der Waals surface area contributed by atoms with E-state index >= 15 is 0 Å². The van der Waals surface area contributed by atoms with Crippen molar-refractivity contribution in [3.05, 3.63) is 27.7 Å². The number of aromatic amines is 1. The van der Waals surface area contributed by atoms with Gasteiger partial charge in [-0.3, -0.25) is 4.79 Å². The summed E-state index contributed by atoms with van der Waals surface area (Å²) >= 11 is 1.66. The SMILES string of the molecule is Cc1ccc(C(C)NC(=O)c2nn[nH]n2)s1. The summed E-state index contributed by atoms with van der Waals surface area (Å²) in [6, 6.07) is 3.97. The second-order valence-corrected chi connectivity index (χ2v) is 4.70. The number of rotatable bonds is 3. The zero-order valence-electron chi connectivity index (χ0n) is 8.89. The zero-order chi connectivity index (χ0) is 11.5. The molecule has 0 saturated heterocycles. The highest BCUT2D eigenvalue weighted by Gasteiger charge is 2.15. The molecule has 2 aromatic heterocycles. The average molecular weight is 237 g/mol. The molecule has 0 spiro atoms. The molecule has 2 heterocycles. The molecule has 6 nitrogen and oxygen atoms in total. The molecule has 16 heavy (non-hydrogen) atoms. The first-order valence-corrected chi connectivity index (χ1v) is 5.59. The number of carbonyl (C=O) groups excluding carboxylic acids is 1. The number of tetrazole rings is 1. The molecule has 7 heteroatoms. The molecule has 2 rings (SSSR count). The predicted molar refractivity (Wildman–Crippen MR) is 59.1 cm³/mol. The summed E-state index contributed by atoms with van der Waals surface area (Å²) in [4.78, 5) is 13.9. The largest absolute Gasteiger partial charge is 0.342 e. The molecule has 0 bridgehead atoms. The van der Waals surface area contributed by atoms with Gasteiger partial charge >= 0.3 is 0 Å². The molecule has 0 fully saturated rings. The monoisotopic (exact) mass is 237 g/mol. The van der Waals surface area contributed by atoms with Gasteiger partial charge in [0.15, 0.2) is 0 Å². The number of aromatic nitrogens is 4. The molecule has 2 N–H and O–H groups in total. The molecular weight excluding hydrogens is 226 g/mol. The Balaban J connectivity index is 2.03. The van der Waals surface area contributed by atoms with E-state index in [1.165, 1.54) is 4.88 Å². The van der Waals surface area contributed by atoms with Crippen LogP contribution in [-0.4, -0.2) is 26.5 Å². The van der Waals surface area contributed by atoms with Gasteiger partial charge in [0.25, 0.3) is 11.7 Å². The Morgan fingerprint density at radius 2 is 2.38 bits per heavy atom. The molecule has 0 saturated carbocycles. The second kappa shape index (κ2) is 4.40. The van der Waals surface area contributed by atoms with E-state index in [4.69, 9.17) is 0 Å². The van der Waals surface area contributed by atoms with E-state index in [2.05, 4.69) is 25.9 Å². The van der Waals surface area contributed by atoms with Crippen LogP contribution in [0.1, 0.15) is 33.3 Å². The van der Waals surface area contributed by atoms with E-state index in [0.717, 1.165) is 4.88 Å². The van der Waals surface area contributed by atoms with Gasteiger partial charge in [0, 0.05) is 9.75 Å². The van der Waals surface area contributed by atoms with Crippen molar-refractivity contribution in [2.45, 2.75) is 19.9 Å². The summed E-state index contributed by atoms with van der Waals surface area (Å²) in [6.45, 7) is 3.95. The quantitative estimate of drug-likeness (QED) is 0.836. The number of hydrogen-bond donors (Lipinski definition) is 2. The van der Waals surface area contributed by atoms with Crippen molar-refractivity contribution in [2.75, 3.05) is 0 Å².